The summed E-state index contributed by atoms with van der Waals surface area (Å²) in [5.74, 6) is -2.32. The number of unbranched alkanes of at least 4 members (excludes halogenated alkanes) is 1. The second kappa shape index (κ2) is 16.3. The van der Waals surface area contributed by atoms with E-state index in [1.165, 1.54) is 17.0 Å². The minimum Gasteiger partial charge on any atom is -0.390 e. The Hall–Kier alpha value is -3.14. The highest BCUT2D eigenvalue weighted by atomic mass is 19.1. The van der Waals surface area contributed by atoms with Crippen molar-refractivity contribution in [3.05, 3.63) is 83.4 Å². The van der Waals surface area contributed by atoms with Gasteiger partial charge in [0.2, 0.25) is 11.8 Å². The normalized spacial score (nSPS) is 24.1. The van der Waals surface area contributed by atoms with Gasteiger partial charge in [0, 0.05) is 25.6 Å². The summed E-state index contributed by atoms with van der Waals surface area (Å²) in [4.78, 5) is 28.3. The summed E-state index contributed by atoms with van der Waals surface area (Å²) in [5, 5.41) is 17.5. The standard InChI is InChI=1S/C32H43F2N3O4/c1-4-5-11-22(2)32(40)37(3)29-14-9-10-15-41-21-28(24-12-7-6-8-13-24)35-20-30(38)27(36-31(29)39)18-23-16-25(33)19-26(34)17-23/h6-10,12-13,16-17,19,22,27-30,35,38H,4-5,11,14-15,18,20-21H2,1-3H3,(H,36,39)/b10-9+/t22-,27-,28-,29-,30+/m0/s1. The first-order valence-corrected chi connectivity index (χ1v) is 14.4. The molecule has 3 rings (SSSR count). The Morgan fingerprint density at radius 2 is 1.85 bits per heavy atom. The Morgan fingerprint density at radius 1 is 1.15 bits per heavy atom. The largest absolute Gasteiger partial charge is 0.390 e. The molecule has 7 nitrogen and oxygen atoms in total. The van der Waals surface area contributed by atoms with E-state index in [9.17, 15) is 23.5 Å². The van der Waals surface area contributed by atoms with Gasteiger partial charge in [-0.25, -0.2) is 8.78 Å². The number of nitrogens with one attached hydrogen (secondary N) is 2. The number of likely N-dealkylation sites (N-methyl/N-ethyl adjacent to an activating group) is 1. The SMILES string of the molecule is CCCC[C@H](C)C(=O)N(C)[C@H]1C/C=C/COC[C@@H](c2ccccc2)NC[C@@H](O)[C@H](Cc2cc(F)cc(F)c2)NC1=O. The molecule has 0 fully saturated rings. The van der Waals surface area contributed by atoms with Crippen molar-refractivity contribution in [3.63, 3.8) is 0 Å². The Balaban J connectivity index is 1.89. The van der Waals surface area contributed by atoms with Gasteiger partial charge in [0.05, 0.1) is 31.4 Å². The zero-order valence-electron chi connectivity index (χ0n) is 24.2. The predicted molar refractivity (Wildman–Crippen MR) is 155 cm³/mol. The second-order valence-corrected chi connectivity index (χ2v) is 10.8. The molecule has 5 atom stereocenters. The first-order chi connectivity index (χ1) is 19.7. The topological polar surface area (TPSA) is 90.9 Å². The number of amides is 2. The van der Waals surface area contributed by atoms with Gasteiger partial charge in [-0.05, 0) is 42.5 Å². The lowest BCUT2D eigenvalue weighted by Crippen LogP contribution is -2.55. The van der Waals surface area contributed by atoms with E-state index in [0.717, 1.165) is 30.9 Å². The van der Waals surface area contributed by atoms with E-state index in [1.54, 1.807) is 7.05 Å². The lowest BCUT2D eigenvalue weighted by Gasteiger charge is -2.32. The molecule has 9 heteroatoms. The zero-order chi connectivity index (χ0) is 29.8. The maximum absolute atomic E-state index is 14.0. The summed E-state index contributed by atoms with van der Waals surface area (Å²) in [7, 11) is 1.61. The van der Waals surface area contributed by atoms with Crippen molar-refractivity contribution in [2.24, 2.45) is 5.92 Å². The molecule has 0 aliphatic carbocycles. The Labute approximate surface area is 242 Å². The van der Waals surface area contributed by atoms with E-state index >= 15 is 0 Å². The first-order valence-electron chi connectivity index (χ1n) is 14.4. The molecule has 0 unspecified atom stereocenters. The van der Waals surface area contributed by atoms with Gasteiger partial charge in [-0.2, -0.15) is 0 Å². The van der Waals surface area contributed by atoms with Gasteiger partial charge in [0.1, 0.15) is 17.7 Å². The molecule has 41 heavy (non-hydrogen) atoms. The molecule has 0 saturated heterocycles. The summed E-state index contributed by atoms with van der Waals surface area (Å²) in [6, 6.07) is 10.9. The van der Waals surface area contributed by atoms with Gasteiger partial charge in [0.25, 0.3) is 0 Å². The van der Waals surface area contributed by atoms with Crippen molar-refractivity contribution in [2.45, 2.75) is 70.2 Å². The van der Waals surface area contributed by atoms with Crippen LogP contribution in [-0.4, -0.2) is 66.8 Å². The van der Waals surface area contributed by atoms with Crippen LogP contribution in [0.3, 0.4) is 0 Å². The van der Waals surface area contributed by atoms with Crippen LogP contribution in [0.25, 0.3) is 0 Å². The molecular weight excluding hydrogens is 528 g/mol. The molecule has 3 N–H and O–H groups in total. The number of nitrogens with zero attached hydrogens (tertiary/aromatic N) is 1. The van der Waals surface area contributed by atoms with Crippen molar-refractivity contribution >= 4 is 11.8 Å². The number of rotatable bonds is 8. The number of halogens is 2. The van der Waals surface area contributed by atoms with Crippen molar-refractivity contribution < 1.29 is 28.2 Å². The third-order valence-electron chi connectivity index (χ3n) is 7.50. The van der Waals surface area contributed by atoms with Crippen molar-refractivity contribution in [1.29, 1.82) is 0 Å². The number of hydrogen-bond donors (Lipinski definition) is 3. The summed E-state index contributed by atoms with van der Waals surface area (Å²) in [6.45, 7) is 4.66. The summed E-state index contributed by atoms with van der Waals surface area (Å²) >= 11 is 0. The predicted octanol–water partition coefficient (Wildman–Crippen LogP) is 4.31. The maximum atomic E-state index is 14.0. The minimum absolute atomic E-state index is 0.0110. The van der Waals surface area contributed by atoms with Crippen LogP contribution in [0.1, 0.15) is 56.7 Å². The van der Waals surface area contributed by atoms with E-state index in [-0.39, 0.29) is 37.3 Å². The number of aliphatic hydroxyl groups is 1. The van der Waals surface area contributed by atoms with Crippen LogP contribution in [0.5, 0.6) is 0 Å². The fraction of sp³-hybridized carbons (Fsp3) is 0.500. The molecule has 0 spiro atoms. The quantitative estimate of drug-likeness (QED) is 0.411. The summed E-state index contributed by atoms with van der Waals surface area (Å²) in [5.41, 5.74) is 1.27. The van der Waals surface area contributed by atoms with Crippen molar-refractivity contribution in [3.8, 4) is 0 Å². The zero-order valence-corrected chi connectivity index (χ0v) is 24.2. The fourth-order valence-corrected chi connectivity index (χ4v) is 5.03. The number of carbonyl (C=O) groups excluding carboxylic acids is 2. The number of hydrogen-bond acceptors (Lipinski definition) is 5. The number of β-amino-alcohol motifs (C(OH)–C–C–N with tert-alkyl or cyclic N) is 1. The van der Waals surface area contributed by atoms with Crippen LogP contribution in [-0.2, 0) is 20.7 Å². The molecule has 224 valence electrons. The van der Waals surface area contributed by atoms with Crippen molar-refractivity contribution in [1.82, 2.24) is 15.5 Å². The Morgan fingerprint density at radius 3 is 2.54 bits per heavy atom. The molecule has 0 aromatic heterocycles. The average Bonchev–Trinajstić information content (AvgIpc) is 2.95. The van der Waals surface area contributed by atoms with E-state index < -0.39 is 35.7 Å². The summed E-state index contributed by atoms with van der Waals surface area (Å²) in [6.07, 6.45) is 5.36. The number of carbonyl (C=O) groups is 2. The number of aliphatic hydroxyl groups excluding tert-OH is 1. The van der Waals surface area contributed by atoms with Gasteiger partial charge in [-0.3, -0.25) is 9.59 Å². The molecule has 1 aliphatic heterocycles. The van der Waals surface area contributed by atoms with Gasteiger partial charge in [-0.15, -0.1) is 0 Å². The van der Waals surface area contributed by atoms with Crippen LogP contribution in [0.15, 0.2) is 60.7 Å². The highest BCUT2D eigenvalue weighted by Crippen LogP contribution is 2.18. The van der Waals surface area contributed by atoms with Crippen molar-refractivity contribution in [2.75, 3.05) is 26.8 Å². The van der Waals surface area contributed by atoms with E-state index in [1.807, 2.05) is 49.4 Å². The van der Waals surface area contributed by atoms with Gasteiger partial charge >= 0.3 is 0 Å². The summed E-state index contributed by atoms with van der Waals surface area (Å²) < 4.78 is 33.9. The van der Waals surface area contributed by atoms with Crippen LogP contribution in [0.2, 0.25) is 0 Å². The smallest absolute Gasteiger partial charge is 0.243 e. The minimum atomic E-state index is -1.11. The Bertz CT molecular complexity index is 1130. The molecule has 1 heterocycles. The third kappa shape index (κ3) is 10.0. The van der Waals surface area contributed by atoms with Gasteiger partial charge in [0.15, 0.2) is 0 Å². The molecule has 0 radical (unpaired) electrons. The maximum Gasteiger partial charge on any atom is 0.243 e. The third-order valence-corrected chi connectivity index (χ3v) is 7.50. The van der Waals surface area contributed by atoms with Crippen LogP contribution in [0, 0.1) is 17.6 Å². The molecule has 0 saturated carbocycles. The Kier molecular flexibility index (Phi) is 12.9. The lowest BCUT2D eigenvalue weighted by atomic mass is 9.98. The average molecular weight is 572 g/mol. The van der Waals surface area contributed by atoms with Crippen LogP contribution >= 0.6 is 0 Å². The molecule has 0 bridgehead atoms. The van der Waals surface area contributed by atoms with E-state index in [4.69, 9.17) is 4.74 Å². The molecule has 2 aromatic rings. The van der Waals surface area contributed by atoms with E-state index in [2.05, 4.69) is 17.6 Å². The monoisotopic (exact) mass is 571 g/mol. The lowest BCUT2D eigenvalue weighted by molar-refractivity contribution is -0.142. The molecule has 1 aliphatic rings. The van der Waals surface area contributed by atoms with Gasteiger partial charge < -0.3 is 25.4 Å². The van der Waals surface area contributed by atoms with Crippen LogP contribution in [0.4, 0.5) is 8.78 Å². The fourth-order valence-electron chi connectivity index (χ4n) is 5.03. The molecule has 2 amide bonds. The number of ether oxygens (including phenoxy) is 1. The molecular formula is C32H43F2N3O4. The second-order valence-electron chi connectivity index (χ2n) is 10.8. The van der Waals surface area contributed by atoms with Gasteiger partial charge in [-0.1, -0.05) is 69.2 Å². The molecule has 2 aromatic carbocycles. The van der Waals surface area contributed by atoms with E-state index in [0.29, 0.717) is 18.8 Å². The highest BCUT2D eigenvalue weighted by molar-refractivity contribution is 5.88. The van der Waals surface area contributed by atoms with Crippen LogP contribution < -0.4 is 10.6 Å². The number of benzene rings is 2. The first kappa shape index (κ1) is 32.4. The highest BCUT2D eigenvalue weighted by Gasteiger charge is 2.32.